The average molecular weight is 512 g/mol. The van der Waals surface area contributed by atoms with Crippen molar-refractivity contribution in [2.75, 3.05) is 19.8 Å². The van der Waals surface area contributed by atoms with Gasteiger partial charge >= 0.3 is 5.97 Å². The quantitative estimate of drug-likeness (QED) is 0.277. The number of aromatic amines is 1. The third-order valence-electron chi connectivity index (χ3n) is 5.53. The van der Waals surface area contributed by atoms with E-state index in [0.717, 1.165) is 16.9 Å². The second-order valence-electron chi connectivity index (χ2n) is 8.37. The van der Waals surface area contributed by atoms with Crippen molar-refractivity contribution in [3.63, 3.8) is 0 Å². The number of furan rings is 1. The number of aromatic nitrogens is 2. The number of fused-ring (bicyclic) bond motifs is 1. The van der Waals surface area contributed by atoms with Crippen LogP contribution in [-0.4, -0.2) is 51.8 Å². The number of benzene rings is 1. The Balaban J connectivity index is 1.48. The van der Waals surface area contributed by atoms with Crippen LogP contribution in [0.1, 0.15) is 39.3 Å². The number of nitrogens with zero attached hydrogens (tertiary/aromatic N) is 2. The highest BCUT2D eigenvalue weighted by Gasteiger charge is 2.21. The SMILES string of the molecule is CCOC(=O)c1sc2nc(CN(Cc3ccco3)C[C@@H](O)COCc3ccccc3)[nH]c(=O)c2c1C. The molecule has 0 amide bonds. The average Bonchev–Trinajstić information content (AvgIpc) is 3.47. The topological polar surface area (TPSA) is 118 Å². The van der Waals surface area contributed by atoms with Gasteiger partial charge in [-0.3, -0.25) is 9.69 Å². The standard InChI is InChI=1S/C26H29N3O6S/c1-3-34-26(32)23-17(2)22-24(31)27-21(28-25(22)36-23)14-29(13-20-10-7-11-35-20)12-19(30)16-33-15-18-8-5-4-6-9-18/h4-11,19,30H,3,12-16H2,1-2H3,(H,27,28,31)/t19-/m1/s1. The number of aliphatic hydroxyl groups excluding tert-OH is 1. The number of carbonyl (C=O) groups is 1. The van der Waals surface area contributed by atoms with E-state index in [1.54, 1.807) is 26.2 Å². The zero-order chi connectivity index (χ0) is 25.5. The fourth-order valence-electron chi connectivity index (χ4n) is 3.91. The fourth-order valence-corrected chi connectivity index (χ4v) is 5.01. The molecular weight excluding hydrogens is 482 g/mol. The zero-order valence-electron chi connectivity index (χ0n) is 20.2. The van der Waals surface area contributed by atoms with Gasteiger partial charge < -0.3 is 24.0 Å². The highest BCUT2D eigenvalue weighted by Crippen LogP contribution is 2.27. The summed E-state index contributed by atoms with van der Waals surface area (Å²) in [5.74, 6) is 0.678. The summed E-state index contributed by atoms with van der Waals surface area (Å²) in [5, 5.41) is 11.0. The van der Waals surface area contributed by atoms with E-state index in [0.29, 0.717) is 45.4 Å². The summed E-state index contributed by atoms with van der Waals surface area (Å²) >= 11 is 1.14. The number of nitrogens with one attached hydrogen (secondary N) is 1. The summed E-state index contributed by atoms with van der Waals surface area (Å²) in [5.41, 5.74) is 1.27. The summed E-state index contributed by atoms with van der Waals surface area (Å²) in [6.45, 7) is 5.20. The van der Waals surface area contributed by atoms with Crippen LogP contribution in [0.5, 0.6) is 0 Å². The number of hydrogen-bond donors (Lipinski definition) is 2. The molecule has 0 aliphatic carbocycles. The van der Waals surface area contributed by atoms with Gasteiger partial charge in [-0.25, -0.2) is 9.78 Å². The summed E-state index contributed by atoms with van der Waals surface area (Å²) in [7, 11) is 0. The first kappa shape index (κ1) is 25.8. The zero-order valence-corrected chi connectivity index (χ0v) is 21.0. The van der Waals surface area contributed by atoms with Crippen molar-refractivity contribution in [1.29, 1.82) is 0 Å². The maximum absolute atomic E-state index is 12.9. The molecule has 0 spiro atoms. The molecule has 9 nitrogen and oxygen atoms in total. The number of aryl methyl sites for hydroxylation is 1. The largest absolute Gasteiger partial charge is 0.468 e. The number of aliphatic hydroxyl groups is 1. The van der Waals surface area contributed by atoms with E-state index in [9.17, 15) is 14.7 Å². The van der Waals surface area contributed by atoms with Gasteiger partial charge in [0.15, 0.2) is 0 Å². The smallest absolute Gasteiger partial charge is 0.348 e. The van der Waals surface area contributed by atoms with E-state index in [4.69, 9.17) is 13.9 Å². The molecule has 190 valence electrons. The van der Waals surface area contributed by atoms with Gasteiger partial charge in [-0.15, -0.1) is 11.3 Å². The molecule has 0 saturated heterocycles. The molecule has 3 heterocycles. The van der Waals surface area contributed by atoms with Crippen molar-refractivity contribution in [1.82, 2.24) is 14.9 Å². The number of H-pyrrole nitrogens is 1. The van der Waals surface area contributed by atoms with Crippen LogP contribution < -0.4 is 5.56 Å². The molecule has 0 saturated carbocycles. The Hall–Kier alpha value is -3.31. The van der Waals surface area contributed by atoms with Crippen LogP contribution in [0.25, 0.3) is 10.2 Å². The Bertz CT molecular complexity index is 1330. The van der Waals surface area contributed by atoms with E-state index in [-0.39, 0.29) is 31.9 Å². The second kappa shape index (κ2) is 12.1. The lowest BCUT2D eigenvalue weighted by molar-refractivity contribution is 0.00572. The molecule has 0 unspecified atom stereocenters. The van der Waals surface area contributed by atoms with Crippen LogP contribution in [0.2, 0.25) is 0 Å². The van der Waals surface area contributed by atoms with Crippen molar-refractivity contribution in [3.8, 4) is 0 Å². The lowest BCUT2D eigenvalue weighted by Gasteiger charge is -2.23. The van der Waals surface area contributed by atoms with Gasteiger partial charge in [-0.1, -0.05) is 30.3 Å². The molecule has 4 rings (SSSR count). The van der Waals surface area contributed by atoms with Crippen molar-refractivity contribution in [3.05, 3.63) is 86.7 Å². The highest BCUT2D eigenvalue weighted by molar-refractivity contribution is 7.20. The van der Waals surface area contributed by atoms with Gasteiger partial charge in [0.1, 0.15) is 21.3 Å². The van der Waals surface area contributed by atoms with Crippen LogP contribution in [0.3, 0.4) is 0 Å². The maximum Gasteiger partial charge on any atom is 0.348 e. The van der Waals surface area contributed by atoms with Crippen LogP contribution in [0.15, 0.2) is 57.9 Å². The van der Waals surface area contributed by atoms with Gasteiger partial charge in [-0.05, 0) is 37.1 Å². The molecule has 3 aromatic heterocycles. The van der Waals surface area contributed by atoms with Crippen LogP contribution in [0, 0.1) is 6.92 Å². The lowest BCUT2D eigenvalue weighted by Crippen LogP contribution is -2.35. The molecule has 0 aliphatic rings. The normalized spacial score (nSPS) is 12.3. The Labute approximate surface area is 212 Å². The van der Waals surface area contributed by atoms with E-state index in [2.05, 4.69) is 9.97 Å². The predicted molar refractivity (Wildman–Crippen MR) is 136 cm³/mol. The molecular formula is C26H29N3O6S. The fraction of sp³-hybridized carbons (Fsp3) is 0.346. The number of hydrogen-bond acceptors (Lipinski definition) is 9. The predicted octanol–water partition coefficient (Wildman–Crippen LogP) is 3.64. The number of carbonyl (C=O) groups excluding carboxylic acids is 1. The first-order valence-electron chi connectivity index (χ1n) is 11.7. The van der Waals surface area contributed by atoms with E-state index in [1.807, 2.05) is 41.3 Å². The molecule has 1 atom stereocenters. The Morgan fingerprint density at radius 3 is 2.75 bits per heavy atom. The molecule has 36 heavy (non-hydrogen) atoms. The monoisotopic (exact) mass is 511 g/mol. The van der Waals surface area contributed by atoms with Gasteiger partial charge in [0.25, 0.3) is 5.56 Å². The Morgan fingerprint density at radius 2 is 2.03 bits per heavy atom. The first-order valence-corrected chi connectivity index (χ1v) is 12.5. The number of thiophene rings is 1. The highest BCUT2D eigenvalue weighted by atomic mass is 32.1. The summed E-state index contributed by atoms with van der Waals surface area (Å²) in [4.78, 5) is 35.3. The number of rotatable bonds is 12. The van der Waals surface area contributed by atoms with Crippen LogP contribution in [0.4, 0.5) is 0 Å². The molecule has 0 radical (unpaired) electrons. The molecule has 2 N–H and O–H groups in total. The van der Waals surface area contributed by atoms with Crippen molar-refractivity contribution >= 4 is 27.5 Å². The Kier molecular flexibility index (Phi) is 8.65. The minimum absolute atomic E-state index is 0.152. The Morgan fingerprint density at radius 1 is 1.22 bits per heavy atom. The third-order valence-corrected chi connectivity index (χ3v) is 6.70. The van der Waals surface area contributed by atoms with Gasteiger partial charge in [0.2, 0.25) is 0 Å². The molecule has 10 heteroatoms. The number of esters is 1. The lowest BCUT2D eigenvalue weighted by atomic mass is 10.2. The van der Waals surface area contributed by atoms with Gasteiger partial charge in [-0.2, -0.15) is 0 Å². The van der Waals surface area contributed by atoms with Crippen LogP contribution >= 0.6 is 11.3 Å². The number of ether oxygens (including phenoxy) is 2. The molecule has 0 bridgehead atoms. The minimum Gasteiger partial charge on any atom is -0.468 e. The molecule has 1 aromatic carbocycles. The molecule has 4 aromatic rings. The van der Waals surface area contributed by atoms with E-state index in [1.165, 1.54) is 0 Å². The maximum atomic E-state index is 12.9. The molecule has 0 fully saturated rings. The molecule has 0 aliphatic heterocycles. The summed E-state index contributed by atoms with van der Waals surface area (Å²) in [6, 6.07) is 13.4. The summed E-state index contributed by atoms with van der Waals surface area (Å²) in [6.07, 6.45) is 0.822. The summed E-state index contributed by atoms with van der Waals surface area (Å²) < 4.78 is 16.3. The van der Waals surface area contributed by atoms with Crippen molar-refractivity contribution < 1.29 is 23.8 Å². The van der Waals surface area contributed by atoms with Crippen molar-refractivity contribution in [2.45, 2.75) is 39.6 Å². The van der Waals surface area contributed by atoms with Crippen molar-refractivity contribution in [2.24, 2.45) is 0 Å². The minimum atomic E-state index is -0.765. The van der Waals surface area contributed by atoms with Gasteiger partial charge in [0.05, 0.1) is 50.7 Å². The van der Waals surface area contributed by atoms with E-state index >= 15 is 0 Å². The third kappa shape index (κ3) is 6.46. The first-order chi connectivity index (χ1) is 17.4. The van der Waals surface area contributed by atoms with E-state index < -0.39 is 12.1 Å². The van der Waals surface area contributed by atoms with Crippen LogP contribution in [-0.2, 0) is 29.2 Å². The van der Waals surface area contributed by atoms with Gasteiger partial charge in [0, 0.05) is 6.54 Å². The second-order valence-corrected chi connectivity index (χ2v) is 9.37.